The molecule has 4 rings (SSSR count). The van der Waals surface area contributed by atoms with E-state index >= 15 is 0 Å². The molecule has 1 aliphatic heterocycles. The Kier molecular flexibility index (Phi) is 6.08. The maximum atomic E-state index is 13.5. The smallest absolute Gasteiger partial charge is 0.282 e. The van der Waals surface area contributed by atoms with Crippen LogP contribution in [0.25, 0.3) is 5.57 Å². The van der Waals surface area contributed by atoms with E-state index < -0.39 is 0 Å². The van der Waals surface area contributed by atoms with Crippen molar-refractivity contribution in [2.24, 2.45) is 5.92 Å². The Balaban J connectivity index is 1.73. The van der Waals surface area contributed by atoms with E-state index in [0.29, 0.717) is 29.3 Å². The second-order valence-corrected chi connectivity index (χ2v) is 8.25. The van der Waals surface area contributed by atoms with Gasteiger partial charge in [0.25, 0.3) is 11.8 Å². The third-order valence-corrected chi connectivity index (χ3v) is 5.11. The van der Waals surface area contributed by atoms with Crippen LogP contribution in [0.2, 0.25) is 0 Å². The van der Waals surface area contributed by atoms with Gasteiger partial charge in [0.2, 0.25) is 0 Å². The van der Waals surface area contributed by atoms with E-state index in [1.54, 1.807) is 6.07 Å². The Labute approximate surface area is 188 Å². The van der Waals surface area contributed by atoms with Gasteiger partial charge in [0, 0.05) is 5.69 Å². The zero-order chi connectivity index (χ0) is 22.7. The number of para-hydroxylation sites is 1. The van der Waals surface area contributed by atoms with Gasteiger partial charge in [0.15, 0.2) is 0 Å². The standard InChI is InChI=1S/C27H26N2O3/c1-18(2)17-32-23-14-12-20(13-15-23)24-25(28-21-9-5-4-6-10-21)27(31)29(26(24)30)22-11-7-8-19(3)16-22/h4-16,18,28H,17H2,1-3H3. The predicted molar refractivity (Wildman–Crippen MR) is 127 cm³/mol. The van der Waals surface area contributed by atoms with Gasteiger partial charge in [0.1, 0.15) is 11.4 Å². The van der Waals surface area contributed by atoms with Crippen molar-refractivity contribution in [2.75, 3.05) is 16.8 Å². The minimum atomic E-state index is -0.375. The molecule has 0 aromatic heterocycles. The van der Waals surface area contributed by atoms with E-state index in [2.05, 4.69) is 19.2 Å². The van der Waals surface area contributed by atoms with Crippen molar-refractivity contribution in [1.82, 2.24) is 0 Å². The van der Waals surface area contributed by atoms with Crippen molar-refractivity contribution in [3.05, 3.63) is 95.7 Å². The van der Waals surface area contributed by atoms with Gasteiger partial charge in [-0.25, -0.2) is 4.90 Å². The van der Waals surface area contributed by atoms with E-state index in [-0.39, 0.29) is 17.5 Å². The molecule has 32 heavy (non-hydrogen) atoms. The highest BCUT2D eigenvalue weighted by Crippen LogP contribution is 2.34. The number of amides is 2. The maximum absolute atomic E-state index is 13.5. The van der Waals surface area contributed by atoms with Crippen molar-refractivity contribution in [1.29, 1.82) is 0 Å². The number of carbonyl (C=O) groups is 2. The number of imide groups is 1. The Morgan fingerprint density at radius 3 is 2.25 bits per heavy atom. The number of nitrogens with zero attached hydrogens (tertiary/aromatic N) is 1. The Bertz CT molecular complexity index is 1170. The molecular weight excluding hydrogens is 400 g/mol. The highest BCUT2D eigenvalue weighted by atomic mass is 16.5. The highest BCUT2D eigenvalue weighted by Gasteiger charge is 2.40. The largest absolute Gasteiger partial charge is 0.493 e. The number of benzene rings is 3. The van der Waals surface area contributed by atoms with Crippen LogP contribution >= 0.6 is 0 Å². The highest BCUT2D eigenvalue weighted by molar-refractivity contribution is 6.46. The van der Waals surface area contributed by atoms with Gasteiger partial charge in [0.05, 0.1) is 17.9 Å². The molecule has 0 saturated carbocycles. The molecule has 0 unspecified atom stereocenters. The number of rotatable bonds is 7. The molecule has 0 bridgehead atoms. The van der Waals surface area contributed by atoms with Crippen LogP contribution < -0.4 is 15.0 Å². The summed E-state index contributed by atoms with van der Waals surface area (Å²) in [6, 6.07) is 24.1. The molecule has 1 heterocycles. The van der Waals surface area contributed by atoms with Crippen LogP contribution in [-0.2, 0) is 9.59 Å². The molecule has 0 fully saturated rings. The summed E-state index contributed by atoms with van der Waals surface area (Å²) in [4.78, 5) is 28.2. The SMILES string of the molecule is Cc1cccc(N2C(=O)C(Nc3ccccc3)=C(c3ccc(OCC(C)C)cc3)C2=O)c1. The molecule has 3 aromatic carbocycles. The van der Waals surface area contributed by atoms with Gasteiger partial charge >= 0.3 is 0 Å². The molecule has 0 spiro atoms. The first-order chi connectivity index (χ1) is 15.4. The summed E-state index contributed by atoms with van der Waals surface area (Å²) in [5, 5.41) is 3.18. The summed E-state index contributed by atoms with van der Waals surface area (Å²) in [6.07, 6.45) is 0. The molecule has 1 aliphatic rings. The van der Waals surface area contributed by atoms with E-state index in [4.69, 9.17) is 4.74 Å². The number of hydrogen-bond donors (Lipinski definition) is 1. The van der Waals surface area contributed by atoms with Gasteiger partial charge in [-0.2, -0.15) is 0 Å². The van der Waals surface area contributed by atoms with Crippen molar-refractivity contribution in [3.63, 3.8) is 0 Å². The Morgan fingerprint density at radius 1 is 0.875 bits per heavy atom. The first-order valence-corrected chi connectivity index (χ1v) is 10.7. The van der Waals surface area contributed by atoms with E-state index in [0.717, 1.165) is 17.0 Å². The second kappa shape index (κ2) is 9.10. The number of carbonyl (C=O) groups excluding carboxylic acids is 2. The quantitative estimate of drug-likeness (QED) is 0.512. The summed E-state index contributed by atoms with van der Waals surface area (Å²) in [5.41, 5.74) is 3.53. The number of anilines is 2. The number of aryl methyl sites for hydroxylation is 1. The normalized spacial score (nSPS) is 13.8. The summed E-state index contributed by atoms with van der Waals surface area (Å²) < 4.78 is 5.77. The zero-order valence-electron chi connectivity index (χ0n) is 18.5. The van der Waals surface area contributed by atoms with E-state index in [1.807, 2.05) is 79.7 Å². The fourth-order valence-electron chi connectivity index (χ4n) is 3.56. The first-order valence-electron chi connectivity index (χ1n) is 10.7. The van der Waals surface area contributed by atoms with Crippen molar-refractivity contribution < 1.29 is 14.3 Å². The fraction of sp³-hybridized carbons (Fsp3) is 0.185. The lowest BCUT2D eigenvalue weighted by Gasteiger charge is -2.16. The zero-order valence-corrected chi connectivity index (χ0v) is 18.5. The molecule has 3 aromatic rings. The van der Waals surface area contributed by atoms with Gasteiger partial charge in [-0.3, -0.25) is 9.59 Å². The average Bonchev–Trinajstić information content (AvgIpc) is 3.02. The fourth-order valence-corrected chi connectivity index (χ4v) is 3.56. The van der Waals surface area contributed by atoms with Crippen LogP contribution in [-0.4, -0.2) is 18.4 Å². The van der Waals surface area contributed by atoms with Gasteiger partial charge < -0.3 is 10.1 Å². The molecule has 0 aliphatic carbocycles. The predicted octanol–water partition coefficient (Wildman–Crippen LogP) is 5.43. The second-order valence-electron chi connectivity index (χ2n) is 8.25. The molecule has 5 nitrogen and oxygen atoms in total. The van der Waals surface area contributed by atoms with Crippen LogP contribution in [0.3, 0.4) is 0 Å². The van der Waals surface area contributed by atoms with Gasteiger partial charge in [-0.05, 0) is 60.4 Å². The number of hydrogen-bond acceptors (Lipinski definition) is 4. The van der Waals surface area contributed by atoms with Crippen molar-refractivity contribution in [3.8, 4) is 5.75 Å². The molecule has 5 heteroatoms. The molecule has 0 radical (unpaired) electrons. The molecule has 0 atom stereocenters. The average molecular weight is 427 g/mol. The lowest BCUT2D eigenvalue weighted by molar-refractivity contribution is -0.120. The lowest BCUT2D eigenvalue weighted by Crippen LogP contribution is -2.32. The summed E-state index contributed by atoms with van der Waals surface area (Å²) in [6.45, 7) is 6.72. The maximum Gasteiger partial charge on any atom is 0.282 e. The van der Waals surface area contributed by atoms with Gasteiger partial charge in [-0.15, -0.1) is 0 Å². The summed E-state index contributed by atoms with van der Waals surface area (Å²) in [7, 11) is 0. The van der Waals surface area contributed by atoms with Crippen LogP contribution in [0, 0.1) is 12.8 Å². The molecule has 162 valence electrons. The minimum Gasteiger partial charge on any atom is -0.493 e. The minimum absolute atomic E-state index is 0.263. The Hall–Kier alpha value is -3.86. The van der Waals surface area contributed by atoms with Crippen LogP contribution in [0.15, 0.2) is 84.6 Å². The van der Waals surface area contributed by atoms with Crippen LogP contribution in [0.5, 0.6) is 5.75 Å². The Morgan fingerprint density at radius 2 is 1.59 bits per heavy atom. The first kappa shape index (κ1) is 21.4. The molecular formula is C27H26N2O3. The van der Waals surface area contributed by atoms with Crippen molar-refractivity contribution >= 4 is 28.8 Å². The third kappa shape index (κ3) is 4.42. The van der Waals surface area contributed by atoms with E-state index in [9.17, 15) is 9.59 Å². The molecule has 0 saturated heterocycles. The summed E-state index contributed by atoms with van der Waals surface area (Å²) in [5.74, 6) is 0.415. The molecule has 1 N–H and O–H groups in total. The van der Waals surface area contributed by atoms with Crippen molar-refractivity contribution in [2.45, 2.75) is 20.8 Å². The van der Waals surface area contributed by atoms with E-state index in [1.165, 1.54) is 4.90 Å². The van der Waals surface area contributed by atoms with Crippen LogP contribution in [0.1, 0.15) is 25.0 Å². The topological polar surface area (TPSA) is 58.6 Å². The van der Waals surface area contributed by atoms with Gasteiger partial charge in [-0.1, -0.05) is 56.3 Å². The number of nitrogens with one attached hydrogen (secondary N) is 1. The lowest BCUT2D eigenvalue weighted by atomic mass is 10.0. The van der Waals surface area contributed by atoms with Crippen LogP contribution in [0.4, 0.5) is 11.4 Å². The number of ether oxygens (including phenoxy) is 1. The molecule has 2 amide bonds. The third-order valence-electron chi connectivity index (χ3n) is 5.11. The monoisotopic (exact) mass is 426 g/mol. The summed E-state index contributed by atoms with van der Waals surface area (Å²) >= 11 is 0.